The van der Waals surface area contributed by atoms with Crippen molar-refractivity contribution in [2.24, 2.45) is 0 Å². The molecular weight excluding hydrogens is 154 g/mol. The van der Waals surface area contributed by atoms with Crippen LogP contribution in [0.4, 0.5) is 0 Å². The number of rotatable bonds is 5. The molecule has 0 bridgehead atoms. The normalized spacial score (nSPS) is 10.2. The summed E-state index contributed by atoms with van der Waals surface area (Å²) in [6, 6.07) is 0. The van der Waals surface area contributed by atoms with Gasteiger partial charge in [-0.1, -0.05) is 17.7 Å². The van der Waals surface area contributed by atoms with Crippen molar-refractivity contribution in [1.82, 2.24) is 5.32 Å². The first-order valence-corrected chi connectivity index (χ1v) is 3.86. The van der Waals surface area contributed by atoms with Gasteiger partial charge in [-0.3, -0.25) is 0 Å². The summed E-state index contributed by atoms with van der Waals surface area (Å²) < 4.78 is 0. The molecule has 3 heteroatoms. The van der Waals surface area contributed by atoms with Gasteiger partial charge in [0.25, 0.3) is 0 Å². The van der Waals surface area contributed by atoms with Crippen LogP contribution >= 0.6 is 0 Å². The van der Waals surface area contributed by atoms with Crippen LogP contribution in [-0.4, -0.2) is 24.2 Å². The van der Waals surface area contributed by atoms with Crippen molar-refractivity contribution < 1.29 is 9.90 Å². The zero-order valence-electron chi connectivity index (χ0n) is 7.50. The van der Waals surface area contributed by atoms with E-state index in [2.05, 4.69) is 11.4 Å². The summed E-state index contributed by atoms with van der Waals surface area (Å²) in [4.78, 5) is 10.0. The molecule has 0 aliphatic rings. The number of hydrogen-bond acceptors (Lipinski definition) is 2. The summed E-state index contributed by atoms with van der Waals surface area (Å²) >= 11 is 0. The monoisotopic (exact) mass is 169 g/mol. The van der Waals surface area contributed by atoms with E-state index in [0.29, 0.717) is 6.54 Å². The second kappa shape index (κ2) is 6.61. The van der Waals surface area contributed by atoms with E-state index in [0.717, 1.165) is 12.6 Å². The van der Waals surface area contributed by atoms with Crippen molar-refractivity contribution in [3.05, 3.63) is 23.8 Å². The first kappa shape index (κ1) is 10.9. The van der Waals surface area contributed by atoms with Crippen LogP contribution in [0.15, 0.2) is 23.8 Å². The molecule has 0 unspecified atom stereocenters. The maximum Gasteiger partial charge on any atom is 0.328 e. The molecule has 0 aliphatic heterocycles. The largest absolute Gasteiger partial charge is 0.478 e. The van der Waals surface area contributed by atoms with E-state index in [9.17, 15) is 4.79 Å². The van der Waals surface area contributed by atoms with Gasteiger partial charge in [0.2, 0.25) is 0 Å². The molecule has 0 spiro atoms. The van der Waals surface area contributed by atoms with Crippen LogP contribution in [0.3, 0.4) is 0 Å². The molecule has 0 atom stereocenters. The zero-order valence-corrected chi connectivity index (χ0v) is 7.50. The van der Waals surface area contributed by atoms with Crippen LogP contribution in [0.1, 0.15) is 13.8 Å². The van der Waals surface area contributed by atoms with Gasteiger partial charge < -0.3 is 10.4 Å². The topological polar surface area (TPSA) is 49.3 Å². The number of nitrogens with one attached hydrogen (secondary N) is 1. The summed E-state index contributed by atoms with van der Waals surface area (Å²) in [5.41, 5.74) is 1.25. The van der Waals surface area contributed by atoms with Crippen LogP contribution in [0, 0.1) is 0 Å². The molecule has 0 saturated carbocycles. The Hall–Kier alpha value is -1.09. The van der Waals surface area contributed by atoms with E-state index >= 15 is 0 Å². The summed E-state index contributed by atoms with van der Waals surface area (Å²) in [5.74, 6) is -0.904. The number of aliphatic carboxylic acids is 1. The summed E-state index contributed by atoms with van der Waals surface area (Å²) in [7, 11) is 0. The maximum atomic E-state index is 10.0. The first-order chi connectivity index (χ1) is 5.63. The van der Waals surface area contributed by atoms with Crippen molar-refractivity contribution in [3.63, 3.8) is 0 Å². The number of carbonyl (C=O) groups is 1. The highest BCUT2D eigenvalue weighted by Gasteiger charge is 1.83. The lowest BCUT2D eigenvalue weighted by atomic mass is 10.3. The van der Waals surface area contributed by atoms with Crippen molar-refractivity contribution in [3.8, 4) is 0 Å². The average molecular weight is 169 g/mol. The van der Waals surface area contributed by atoms with E-state index in [1.54, 1.807) is 6.08 Å². The van der Waals surface area contributed by atoms with Crippen molar-refractivity contribution >= 4 is 5.97 Å². The highest BCUT2D eigenvalue weighted by atomic mass is 16.4. The summed E-state index contributed by atoms with van der Waals surface area (Å²) in [6.07, 6.45) is 4.77. The Labute approximate surface area is 72.8 Å². The second-order valence-electron chi connectivity index (χ2n) is 2.68. The lowest BCUT2D eigenvalue weighted by Gasteiger charge is -1.95. The number of hydrogen-bond donors (Lipinski definition) is 2. The van der Waals surface area contributed by atoms with Gasteiger partial charge in [-0.05, 0) is 13.8 Å². The Morgan fingerprint density at radius 2 is 2.08 bits per heavy atom. The van der Waals surface area contributed by atoms with Crippen LogP contribution in [-0.2, 0) is 4.79 Å². The Kier molecular flexibility index (Phi) is 6.01. The van der Waals surface area contributed by atoms with Gasteiger partial charge in [0, 0.05) is 19.2 Å². The minimum absolute atomic E-state index is 0.593. The van der Waals surface area contributed by atoms with E-state index in [4.69, 9.17) is 5.11 Å². The van der Waals surface area contributed by atoms with Gasteiger partial charge in [-0.25, -0.2) is 4.79 Å². The fourth-order valence-electron chi connectivity index (χ4n) is 0.603. The third kappa shape index (κ3) is 8.91. The van der Waals surface area contributed by atoms with Crippen molar-refractivity contribution in [2.45, 2.75) is 13.8 Å². The molecule has 0 aliphatic carbocycles. The molecule has 2 N–H and O–H groups in total. The molecule has 12 heavy (non-hydrogen) atoms. The van der Waals surface area contributed by atoms with E-state index < -0.39 is 5.97 Å². The second-order valence-corrected chi connectivity index (χ2v) is 2.68. The Morgan fingerprint density at radius 1 is 1.42 bits per heavy atom. The number of carboxylic acids is 1. The minimum atomic E-state index is -0.904. The van der Waals surface area contributed by atoms with Crippen LogP contribution in [0.5, 0.6) is 0 Å². The molecule has 0 saturated heterocycles. The summed E-state index contributed by atoms with van der Waals surface area (Å²) in [6.45, 7) is 5.42. The van der Waals surface area contributed by atoms with Gasteiger partial charge in [-0.15, -0.1) is 0 Å². The lowest BCUT2D eigenvalue weighted by molar-refractivity contribution is -0.131. The standard InChI is InChI=1S/C9H15NO2/c1-8(2)5-7-10-6-3-4-9(11)12/h3-5,10H,6-7H2,1-2H3,(H,11,12)/b4-3+. The number of allylic oxidation sites excluding steroid dienone is 1. The predicted octanol–water partition coefficient (Wildman–Crippen LogP) is 1.18. The van der Waals surface area contributed by atoms with E-state index in [1.165, 1.54) is 5.57 Å². The predicted molar refractivity (Wildman–Crippen MR) is 49.1 cm³/mol. The molecular formula is C9H15NO2. The Bertz CT molecular complexity index is 191. The summed E-state index contributed by atoms with van der Waals surface area (Å²) in [5, 5.41) is 11.3. The molecule has 0 fully saturated rings. The molecule has 0 radical (unpaired) electrons. The number of carboxylic acid groups (broad SMARTS) is 1. The SMILES string of the molecule is CC(C)=CCNC/C=C/C(=O)O. The van der Waals surface area contributed by atoms with Gasteiger partial charge >= 0.3 is 5.97 Å². The fourth-order valence-corrected chi connectivity index (χ4v) is 0.603. The minimum Gasteiger partial charge on any atom is -0.478 e. The average Bonchev–Trinajstić information content (AvgIpc) is 1.95. The third-order valence-corrected chi connectivity index (χ3v) is 1.18. The molecule has 0 aromatic carbocycles. The van der Waals surface area contributed by atoms with Gasteiger partial charge in [-0.2, -0.15) is 0 Å². The molecule has 3 nitrogen and oxygen atoms in total. The van der Waals surface area contributed by atoms with E-state index in [-0.39, 0.29) is 0 Å². The third-order valence-electron chi connectivity index (χ3n) is 1.18. The lowest BCUT2D eigenvalue weighted by Crippen LogP contribution is -2.13. The molecule has 0 amide bonds. The van der Waals surface area contributed by atoms with Crippen LogP contribution in [0.2, 0.25) is 0 Å². The Balaban J connectivity index is 3.33. The van der Waals surface area contributed by atoms with Gasteiger partial charge in [0.15, 0.2) is 0 Å². The maximum absolute atomic E-state index is 10.0. The van der Waals surface area contributed by atoms with Gasteiger partial charge in [0.1, 0.15) is 0 Å². The van der Waals surface area contributed by atoms with E-state index in [1.807, 2.05) is 13.8 Å². The smallest absolute Gasteiger partial charge is 0.328 e. The van der Waals surface area contributed by atoms with Gasteiger partial charge in [0.05, 0.1) is 0 Å². The van der Waals surface area contributed by atoms with Crippen molar-refractivity contribution in [1.29, 1.82) is 0 Å². The highest BCUT2D eigenvalue weighted by molar-refractivity contribution is 5.79. The fraction of sp³-hybridized carbons (Fsp3) is 0.444. The van der Waals surface area contributed by atoms with Crippen LogP contribution < -0.4 is 5.32 Å². The molecule has 68 valence electrons. The molecule has 0 aromatic rings. The van der Waals surface area contributed by atoms with Crippen molar-refractivity contribution in [2.75, 3.05) is 13.1 Å². The molecule has 0 heterocycles. The first-order valence-electron chi connectivity index (χ1n) is 3.86. The highest BCUT2D eigenvalue weighted by Crippen LogP contribution is 1.84. The molecule has 0 aromatic heterocycles. The zero-order chi connectivity index (χ0) is 9.40. The quantitative estimate of drug-likeness (QED) is 0.369. The Morgan fingerprint density at radius 3 is 2.58 bits per heavy atom. The molecule has 0 rings (SSSR count). The van der Waals surface area contributed by atoms with Crippen LogP contribution in [0.25, 0.3) is 0 Å².